The van der Waals surface area contributed by atoms with E-state index in [9.17, 15) is 4.79 Å². The summed E-state index contributed by atoms with van der Waals surface area (Å²) in [6.07, 6.45) is 2.10. The molecule has 1 amide bonds. The summed E-state index contributed by atoms with van der Waals surface area (Å²) in [5, 5.41) is 3.21. The van der Waals surface area contributed by atoms with Gasteiger partial charge in [0.15, 0.2) is 0 Å². The number of rotatable bonds is 7. The molecule has 1 atom stereocenters. The van der Waals surface area contributed by atoms with Crippen molar-refractivity contribution in [1.82, 2.24) is 9.88 Å². The van der Waals surface area contributed by atoms with Gasteiger partial charge in [0.05, 0.1) is 0 Å². The summed E-state index contributed by atoms with van der Waals surface area (Å²) < 4.78 is 0. The van der Waals surface area contributed by atoms with Crippen LogP contribution in [0.15, 0.2) is 12.1 Å². The molecule has 0 spiro atoms. The van der Waals surface area contributed by atoms with Gasteiger partial charge in [-0.2, -0.15) is 0 Å². The van der Waals surface area contributed by atoms with Crippen molar-refractivity contribution in [3.05, 3.63) is 23.4 Å². The number of pyridine rings is 1. The molecule has 0 bridgehead atoms. The summed E-state index contributed by atoms with van der Waals surface area (Å²) in [5.74, 6) is 1.15. The number of nitrogens with one attached hydrogen (secondary N) is 1. The van der Waals surface area contributed by atoms with Crippen molar-refractivity contribution >= 4 is 11.7 Å². The zero-order valence-corrected chi connectivity index (χ0v) is 14.2. The van der Waals surface area contributed by atoms with Crippen LogP contribution in [0.3, 0.4) is 0 Å². The second-order valence-corrected chi connectivity index (χ2v) is 5.90. The summed E-state index contributed by atoms with van der Waals surface area (Å²) in [7, 11) is 1.88. The fraction of sp³-hybridized carbons (Fsp3) is 0.647. The Morgan fingerprint density at radius 1 is 1.29 bits per heavy atom. The van der Waals surface area contributed by atoms with Crippen LogP contribution in [0, 0.1) is 0 Å². The van der Waals surface area contributed by atoms with E-state index >= 15 is 0 Å². The van der Waals surface area contributed by atoms with Crippen molar-refractivity contribution in [3.8, 4) is 0 Å². The predicted molar refractivity (Wildman–Crippen MR) is 89.0 cm³/mol. The SMILES string of the molecule is CCCC(C)N(C)C(=O)c1cc(NCC)nc(C(C)C)c1. The number of amides is 1. The number of hydrogen-bond donors (Lipinski definition) is 1. The molecule has 4 nitrogen and oxygen atoms in total. The van der Waals surface area contributed by atoms with Gasteiger partial charge in [-0.05, 0) is 38.3 Å². The van der Waals surface area contributed by atoms with Crippen LogP contribution in [0.1, 0.15) is 69.4 Å². The van der Waals surface area contributed by atoms with E-state index in [1.54, 1.807) is 0 Å². The zero-order valence-electron chi connectivity index (χ0n) is 14.2. The number of anilines is 1. The van der Waals surface area contributed by atoms with Crippen molar-refractivity contribution in [2.45, 2.75) is 59.4 Å². The fourth-order valence-corrected chi connectivity index (χ4v) is 2.26. The van der Waals surface area contributed by atoms with Gasteiger partial charge in [-0.3, -0.25) is 4.79 Å². The smallest absolute Gasteiger partial charge is 0.254 e. The lowest BCUT2D eigenvalue weighted by atomic mass is 10.1. The Hall–Kier alpha value is -1.58. The second kappa shape index (κ2) is 8.01. The van der Waals surface area contributed by atoms with E-state index in [0.29, 0.717) is 5.92 Å². The Balaban J connectivity index is 3.07. The normalized spacial score (nSPS) is 12.3. The van der Waals surface area contributed by atoms with E-state index in [1.165, 1.54) is 0 Å². The monoisotopic (exact) mass is 291 g/mol. The van der Waals surface area contributed by atoms with E-state index in [1.807, 2.05) is 31.0 Å². The van der Waals surface area contributed by atoms with E-state index in [2.05, 4.69) is 38.0 Å². The van der Waals surface area contributed by atoms with Crippen LogP contribution in [-0.2, 0) is 0 Å². The molecule has 0 aliphatic rings. The lowest BCUT2D eigenvalue weighted by Crippen LogP contribution is -2.35. The Bertz CT molecular complexity index is 471. The van der Waals surface area contributed by atoms with Crippen LogP contribution >= 0.6 is 0 Å². The quantitative estimate of drug-likeness (QED) is 0.828. The molecule has 1 aromatic heterocycles. The summed E-state index contributed by atoms with van der Waals surface area (Å²) >= 11 is 0. The molecule has 0 aliphatic carbocycles. The third-order valence-electron chi connectivity index (χ3n) is 3.73. The van der Waals surface area contributed by atoms with Crippen LogP contribution in [-0.4, -0.2) is 35.4 Å². The minimum atomic E-state index is 0.0689. The average Bonchev–Trinajstić information content (AvgIpc) is 2.45. The van der Waals surface area contributed by atoms with Crippen molar-refractivity contribution in [3.63, 3.8) is 0 Å². The zero-order chi connectivity index (χ0) is 16.0. The van der Waals surface area contributed by atoms with Gasteiger partial charge in [0.25, 0.3) is 5.91 Å². The minimum Gasteiger partial charge on any atom is -0.370 e. The highest BCUT2D eigenvalue weighted by molar-refractivity contribution is 5.95. The summed E-state index contributed by atoms with van der Waals surface area (Å²) in [6.45, 7) is 11.2. The van der Waals surface area contributed by atoms with Gasteiger partial charge in [0, 0.05) is 30.9 Å². The van der Waals surface area contributed by atoms with Crippen LogP contribution in [0.25, 0.3) is 0 Å². The van der Waals surface area contributed by atoms with Crippen molar-refractivity contribution in [2.75, 3.05) is 18.9 Å². The molecule has 1 aromatic rings. The Kier molecular flexibility index (Phi) is 6.66. The van der Waals surface area contributed by atoms with Crippen molar-refractivity contribution < 1.29 is 4.79 Å². The van der Waals surface area contributed by atoms with Gasteiger partial charge in [-0.25, -0.2) is 4.98 Å². The van der Waals surface area contributed by atoms with E-state index < -0.39 is 0 Å². The van der Waals surface area contributed by atoms with Crippen LogP contribution in [0.4, 0.5) is 5.82 Å². The molecule has 0 fully saturated rings. The number of aromatic nitrogens is 1. The first kappa shape index (κ1) is 17.5. The lowest BCUT2D eigenvalue weighted by molar-refractivity contribution is 0.0736. The maximum Gasteiger partial charge on any atom is 0.254 e. The van der Waals surface area contributed by atoms with Crippen molar-refractivity contribution in [1.29, 1.82) is 0 Å². The highest BCUT2D eigenvalue weighted by Gasteiger charge is 2.19. The molecule has 0 aromatic carbocycles. The first-order valence-electron chi connectivity index (χ1n) is 7.93. The first-order chi connectivity index (χ1) is 9.90. The van der Waals surface area contributed by atoms with E-state index in [-0.39, 0.29) is 11.9 Å². The average molecular weight is 291 g/mol. The minimum absolute atomic E-state index is 0.0689. The van der Waals surface area contributed by atoms with Crippen LogP contribution in [0.2, 0.25) is 0 Å². The maximum absolute atomic E-state index is 12.7. The molecule has 1 N–H and O–H groups in total. The molecule has 0 aliphatic heterocycles. The van der Waals surface area contributed by atoms with Gasteiger partial charge in [0.2, 0.25) is 0 Å². The second-order valence-electron chi connectivity index (χ2n) is 5.90. The molecule has 1 heterocycles. The summed E-state index contributed by atoms with van der Waals surface area (Å²) in [6, 6.07) is 4.02. The Morgan fingerprint density at radius 2 is 1.95 bits per heavy atom. The number of nitrogens with zero attached hydrogens (tertiary/aromatic N) is 2. The van der Waals surface area contributed by atoms with Gasteiger partial charge >= 0.3 is 0 Å². The standard InChI is InChI=1S/C17H29N3O/c1-7-9-13(5)20(6)17(21)14-10-15(12(3)4)19-16(11-14)18-8-2/h10-13H,7-9H2,1-6H3,(H,18,19). The fourth-order valence-electron chi connectivity index (χ4n) is 2.26. The predicted octanol–water partition coefficient (Wildman–Crippen LogP) is 3.90. The van der Waals surface area contributed by atoms with E-state index in [0.717, 1.165) is 36.5 Å². The van der Waals surface area contributed by atoms with Crippen LogP contribution < -0.4 is 5.32 Å². The molecule has 1 unspecified atom stereocenters. The maximum atomic E-state index is 12.7. The molecular weight excluding hydrogens is 262 g/mol. The number of carbonyl (C=O) groups excluding carboxylic acids is 1. The topological polar surface area (TPSA) is 45.2 Å². The number of carbonyl (C=O) groups is 1. The molecule has 0 radical (unpaired) electrons. The summed E-state index contributed by atoms with van der Waals surface area (Å²) in [5.41, 5.74) is 1.67. The highest BCUT2D eigenvalue weighted by Crippen LogP contribution is 2.19. The molecule has 118 valence electrons. The third kappa shape index (κ3) is 4.73. The van der Waals surface area contributed by atoms with Gasteiger partial charge in [-0.1, -0.05) is 27.2 Å². The molecule has 4 heteroatoms. The molecule has 0 saturated carbocycles. The lowest BCUT2D eigenvalue weighted by Gasteiger charge is -2.25. The van der Waals surface area contributed by atoms with Gasteiger partial charge in [0.1, 0.15) is 5.82 Å². The van der Waals surface area contributed by atoms with Gasteiger partial charge < -0.3 is 10.2 Å². The first-order valence-corrected chi connectivity index (χ1v) is 7.93. The Morgan fingerprint density at radius 3 is 2.48 bits per heavy atom. The third-order valence-corrected chi connectivity index (χ3v) is 3.73. The van der Waals surface area contributed by atoms with E-state index in [4.69, 9.17) is 0 Å². The molecule has 0 saturated heterocycles. The van der Waals surface area contributed by atoms with Crippen LogP contribution in [0.5, 0.6) is 0 Å². The molecular formula is C17H29N3O. The van der Waals surface area contributed by atoms with Crippen molar-refractivity contribution in [2.24, 2.45) is 0 Å². The molecule has 21 heavy (non-hydrogen) atoms. The number of hydrogen-bond acceptors (Lipinski definition) is 3. The highest BCUT2D eigenvalue weighted by atomic mass is 16.2. The Labute approximate surface area is 129 Å². The summed E-state index contributed by atoms with van der Waals surface area (Å²) in [4.78, 5) is 19.1. The largest absolute Gasteiger partial charge is 0.370 e. The molecule has 1 rings (SSSR count). The van der Waals surface area contributed by atoms with Gasteiger partial charge in [-0.15, -0.1) is 0 Å².